The van der Waals surface area contributed by atoms with Crippen LogP contribution >= 0.6 is 27.5 Å². The molecule has 0 bridgehead atoms. The summed E-state index contributed by atoms with van der Waals surface area (Å²) in [5, 5.41) is 4.80. The molecule has 1 aromatic carbocycles. The number of hydrogen-bond acceptors (Lipinski definition) is 3. The quantitative estimate of drug-likeness (QED) is 0.779. The van der Waals surface area contributed by atoms with Crippen molar-refractivity contribution in [1.29, 1.82) is 0 Å². The van der Waals surface area contributed by atoms with E-state index >= 15 is 0 Å². The Bertz CT molecular complexity index is 440. The van der Waals surface area contributed by atoms with E-state index < -0.39 is 0 Å². The van der Waals surface area contributed by atoms with Crippen LogP contribution in [0, 0.1) is 0 Å². The average molecular weight is 247 g/mol. The Balaban J connectivity index is 2.93. The summed E-state index contributed by atoms with van der Waals surface area (Å²) in [6, 6.07) is 3.52. The van der Waals surface area contributed by atoms with Crippen molar-refractivity contribution >= 4 is 44.3 Å². The second kappa shape index (κ2) is 2.64. The van der Waals surface area contributed by atoms with Gasteiger partial charge in [0.1, 0.15) is 0 Å². The zero-order valence-electron chi connectivity index (χ0n) is 5.84. The van der Waals surface area contributed by atoms with Crippen molar-refractivity contribution in [2.24, 2.45) is 0 Å². The highest BCUT2D eigenvalue weighted by molar-refractivity contribution is 9.10. The Labute approximate surface area is 81.6 Å². The second-order valence-corrected chi connectivity index (χ2v) is 3.65. The Kier molecular flexibility index (Phi) is 1.73. The van der Waals surface area contributed by atoms with Crippen LogP contribution in [0.5, 0.6) is 0 Å². The van der Waals surface area contributed by atoms with E-state index in [1.54, 1.807) is 12.1 Å². The van der Waals surface area contributed by atoms with Gasteiger partial charge in [-0.15, -0.1) is 0 Å². The number of nitrogen functional groups attached to an aromatic ring is 1. The van der Waals surface area contributed by atoms with E-state index in [4.69, 9.17) is 21.9 Å². The summed E-state index contributed by atoms with van der Waals surface area (Å²) in [5.41, 5.74) is 6.11. The van der Waals surface area contributed by atoms with E-state index in [1.807, 2.05) is 0 Å². The van der Waals surface area contributed by atoms with Crippen LogP contribution < -0.4 is 5.73 Å². The summed E-state index contributed by atoms with van der Waals surface area (Å²) in [7, 11) is 0. The molecule has 1 heterocycles. The summed E-state index contributed by atoms with van der Waals surface area (Å²) in [4.78, 5) is 0. The van der Waals surface area contributed by atoms with Gasteiger partial charge >= 0.3 is 0 Å². The van der Waals surface area contributed by atoms with Crippen LogP contribution in [0.15, 0.2) is 21.1 Å². The minimum absolute atomic E-state index is 0.322. The fourth-order valence-corrected chi connectivity index (χ4v) is 1.89. The molecule has 0 aliphatic heterocycles. The van der Waals surface area contributed by atoms with Gasteiger partial charge in [0, 0.05) is 4.47 Å². The lowest BCUT2D eigenvalue weighted by molar-refractivity contribution is 0.460. The Morgan fingerprint density at radius 1 is 1.50 bits per heavy atom. The molecule has 0 saturated heterocycles. The molecule has 1 aromatic heterocycles. The van der Waals surface area contributed by atoms with Crippen molar-refractivity contribution in [3.8, 4) is 0 Å². The highest BCUT2D eigenvalue weighted by atomic mass is 79.9. The van der Waals surface area contributed by atoms with Gasteiger partial charge < -0.3 is 10.3 Å². The standard InChI is InChI=1S/C7H4BrClN2O/c8-3-1-4(9)6-5(2-3)12-11-7(6)10/h1-2H,(H2,10,11). The molecule has 0 fully saturated rings. The van der Waals surface area contributed by atoms with Crippen molar-refractivity contribution in [2.45, 2.75) is 0 Å². The SMILES string of the molecule is Nc1noc2cc(Br)cc(Cl)c12. The van der Waals surface area contributed by atoms with Gasteiger partial charge in [0.2, 0.25) is 0 Å². The van der Waals surface area contributed by atoms with Crippen LogP contribution in [0.25, 0.3) is 11.0 Å². The van der Waals surface area contributed by atoms with Crippen molar-refractivity contribution < 1.29 is 4.52 Å². The molecule has 12 heavy (non-hydrogen) atoms. The normalized spacial score (nSPS) is 10.8. The monoisotopic (exact) mass is 246 g/mol. The molecule has 0 aliphatic rings. The lowest BCUT2D eigenvalue weighted by Crippen LogP contribution is -1.83. The van der Waals surface area contributed by atoms with E-state index in [1.165, 1.54) is 0 Å². The first-order valence-corrected chi connectivity index (χ1v) is 4.35. The molecular formula is C7H4BrClN2O. The zero-order chi connectivity index (χ0) is 8.72. The van der Waals surface area contributed by atoms with Gasteiger partial charge in [-0.2, -0.15) is 0 Å². The fraction of sp³-hybridized carbons (Fsp3) is 0. The van der Waals surface area contributed by atoms with Gasteiger partial charge in [0.25, 0.3) is 0 Å². The number of fused-ring (bicyclic) bond motifs is 1. The van der Waals surface area contributed by atoms with Crippen LogP contribution in [0.3, 0.4) is 0 Å². The minimum Gasteiger partial charge on any atom is -0.380 e. The van der Waals surface area contributed by atoms with Crippen LogP contribution in [-0.4, -0.2) is 5.16 Å². The van der Waals surface area contributed by atoms with Crippen molar-refractivity contribution in [3.05, 3.63) is 21.6 Å². The third kappa shape index (κ3) is 1.07. The number of hydrogen-bond donors (Lipinski definition) is 1. The smallest absolute Gasteiger partial charge is 0.176 e. The van der Waals surface area contributed by atoms with Gasteiger partial charge in [-0.25, -0.2) is 0 Å². The van der Waals surface area contributed by atoms with Gasteiger partial charge in [0.05, 0.1) is 10.4 Å². The van der Waals surface area contributed by atoms with Crippen LogP contribution in [0.1, 0.15) is 0 Å². The third-order valence-corrected chi connectivity index (χ3v) is 2.27. The molecule has 0 saturated carbocycles. The predicted octanol–water partition coefficient (Wildman–Crippen LogP) is 2.83. The van der Waals surface area contributed by atoms with Crippen molar-refractivity contribution in [3.63, 3.8) is 0 Å². The molecule has 2 rings (SSSR count). The first-order valence-electron chi connectivity index (χ1n) is 3.18. The lowest BCUT2D eigenvalue weighted by atomic mass is 10.2. The van der Waals surface area contributed by atoms with Gasteiger partial charge in [-0.3, -0.25) is 0 Å². The van der Waals surface area contributed by atoms with Crippen molar-refractivity contribution in [2.75, 3.05) is 5.73 Å². The Hall–Kier alpha value is -0.740. The van der Waals surface area contributed by atoms with Crippen molar-refractivity contribution in [1.82, 2.24) is 5.16 Å². The van der Waals surface area contributed by atoms with E-state index in [0.29, 0.717) is 21.8 Å². The van der Waals surface area contributed by atoms with Crippen LogP contribution in [-0.2, 0) is 0 Å². The first-order chi connectivity index (χ1) is 5.68. The van der Waals surface area contributed by atoms with E-state index in [0.717, 1.165) is 4.47 Å². The average Bonchev–Trinajstić information content (AvgIpc) is 2.31. The summed E-state index contributed by atoms with van der Waals surface area (Å²) >= 11 is 9.18. The number of aromatic nitrogens is 1. The summed E-state index contributed by atoms with van der Waals surface area (Å²) in [6.45, 7) is 0. The molecule has 0 aliphatic carbocycles. The largest absolute Gasteiger partial charge is 0.380 e. The Morgan fingerprint density at radius 3 is 3.00 bits per heavy atom. The molecular weight excluding hydrogens is 243 g/mol. The number of nitrogens with two attached hydrogens (primary N) is 1. The predicted molar refractivity (Wildman–Crippen MR) is 51.1 cm³/mol. The lowest BCUT2D eigenvalue weighted by Gasteiger charge is -1.93. The molecule has 0 amide bonds. The number of rotatable bonds is 0. The molecule has 0 radical (unpaired) electrons. The summed E-state index contributed by atoms with van der Waals surface area (Å²) in [6.07, 6.45) is 0. The maximum atomic E-state index is 5.90. The number of anilines is 1. The third-order valence-electron chi connectivity index (χ3n) is 1.52. The number of halogens is 2. The molecule has 3 nitrogen and oxygen atoms in total. The zero-order valence-corrected chi connectivity index (χ0v) is 8.19. The van der Waals surface area contributed by atoms with Crippen LogP contribution in [0.2, 0.25) is 5.02 Å². The number of benzene rings is 1. The molecule has 0 unspecified atom stereocenters. The molecule has 0 atom stereocenters. The van der Waals surface area contributed by atoms with E-state index in [9.17, 15) is 0 Å². The molecule has 5 heteroatoms. The molecule has 62 valence electrons. The first kappa shape index (κ1) is 7.89. The highest BCUT2D eigenvalue weighted by Crippen LogP contribution is 2.31. The highest BCUT2D eigenvalue weighted by Gasteiger charge is 2.09. The van der Waals surface area contributed by atoms with Gasteiger partial charge in [-0.05, 0) is 12.1 Å². The topological polar surface area (TPSA) is 52.0 Å². The maximum absolute atomic E-state index is 5.90. The van der Waals surface area contributed by atoms with Gasteiger partial charge in [-0.1, -0.05) is 32.7 Å². The fourth-order valence-electron chi connectivity index (χ4n) is 1.01. The van der Waals surface area contributed by atoms with E-state index in [-0.39, 0.29) is 0 Å². The summed E-state index contributed by atoms with van der Waals surface area (Å²) < 4.78 is 5.76. The van der Waals surface area contributed by atoms with E-state index in [2.05, 4.69) is 21.1 Å². The Morgan fingerprint density at radius 2 is 2.25 bits per heavy atom. The molecule has 2 N–H and O–H groups in total. The minimum atomic E-state index is 0.322. The molecule has 2 aromatic rings. The summed E-state index contributed by atoms with van der Waals surface area (Å²) in [5.74, 6) is 0.322. The maximum Gasteiger partial charge on any atom is 0.176 e. The van der Waals surface area contributed by atoms with Gasteiger partial charge in [0.15, 0.2) is 11.4 Å². The van der Waals surface area contributed by atoms with Crippen LogP contribution in [0.4, 0.5) is 5.82 Å². The second-order valence-electron chi connectivity index (χ2n) is 2.33. The molecule has 0 spiro atoms. The number of nitrogens with zero attached hydrogens (tertiary/aromatic N) is 1.